The van der Waals surface area contributed by atoms with E-state index in [4.69, 9.17) is 4.98 Å². The highest BCUT2D eigenvalue weighted by molar-refractivity contribution is 5.77. The standard InChI is InChI=1S/C26H35N5O3/c1-25(2,3)16-30-20-12-13-21(27-22(20)28(7)23(30)32)29-15-18(31(24(33)34)26(4,5)6)14-17-10-8-9-11-19(17)29/h8-13,18H,14-16H2,1-7H3,(H,33,34)/t18-/m1/s1. The minimum atomic E-state index is -0.929. The second kappa shape index (κ2) is 8.18. The van der Waals surface area contributed by atoms with Gasteiger partial charge in [-0.3, -0.25) is 14.0 Å². The molecular weight excluding hydrogens is 430 g/mol. The van der Waals surface area contributed by atoms with Crippen LogP contribution in [0.25, 0.3) is 11.2 Å². The fourth-order valence-electron chi connectivity index (χ4n) is 5.00. The summed E-state index contributed by atoms with van der Waals surface area (Å²) in [5.74, 6) is 0.701. The Morgan fingerprint density at radius 3 is 2.41 bits per heavy atom. The van der Waals surface area contributed by atoms with Crippen LogP contribution in [0.3, 0.4) is 0 Å². The maximum Gasteiger partial charge on any atom is 0.408 e. The number of anilines is 2. The molecular formula is C26H35N5O3. The van der Waals surface area contributed by atoms with E-state index in [9.17, 15) is 14.7 Å². The maximum absolute atomic E-state index is 13.0. The number of amides is 1. The fourth-order valence-corrected chi connectivity index (χ4v) is 5.00. The van der Waals surface area contributed by atoms with Crippen molar-refractivity contribution in [1.82, 2.24) is 19.0 Å². The van der Waals surface area contributed by atoms with Crippen molar-refractivity contribution in [2.24, 2.45) is 12.5 Å². The number of rotatable bonds is 3. The van der Waals surface area contributed by atoms with Crippen LogP contribution in [-0.4, -0.2) is 48.3 Å². The van der Waals surface area contributed by atoms with Gasteiger partial charge in [0.15, 0.2) is 5.65 Å². The van der Waals surface area contributed by atoms with Gasteiger partial charge in [0, 0.05) is 31.4 Å². The molecule has 34 heavy (non-hydrogen) atoms. The second-order valence-electron chi connectivity index (χ2n) is 11.4. The Morgan fingerprint density at radius 2 is 1.79 bits per heavy atom. The van der Waals surface area contributed by atoms with Crippen LogP contribution in [0.4, 0.5) is 16.3 Å². The molecule has 1 N–H and O–H groups in total. The van der Waals surface area contributed by atoms with Gasteiger partial charge in [0.25, 0.3) is 0 Å². The van der Waals surface area contributed by atoms with E-state index in [0.29, 0.717) is 31.0 Å². The summed E-state index contributed by atoms with van der Waals surface area (Å²) in [6, 6.07) is 11.7. The van der Waals surface area contributed by atoms with Gasteiger partial charge in [0.1, 0.15) is 5.82 Å². The Balaban J connectivity index is 1.82. The number of benzene rings is 1. The summed E-state index contributed by atoms with van der Waals surface area (Å²) in [6.45, 7) is 13.2. The molecule has 0 unspecified atom stereocenters. The van der Waals surface area contributed by atoms with Gasteiger partial charge in [0.2, 0.25) is 0 Å². The zero-order valence-corrected chi connectivity index (χ0v) is 21.2. The molecule has 1 atom stereocenters. The highest BCUT2D eigenvalue weighted by atomic mass is 16.4. The van der Waals surface area contributed by atoms with Crippen molar-refractivity contribution in [1.29, 1.82) is 0 Å². The molecule has 0 saturated heterocycles. The Bertz CT molecular complexity index is 1290. The first-order valence-corrected chi connectivity index (χ1v) is 11.7. The van der Waals surface area contributed by atoms with Gasteiger partial charge < -0.3 is 10.0 Å². The van der Waals surface area contributed by atoms with Crippen molar-refractivity contribution in [3.63, 3.8) is 0 Å². The van der Waals surface area contributed by atoms with Crippen molar-refractivity contribution in [3.05, 3.63) is 52.4 Å². The number of hydrogen-bond acceptors (Lipinski definition) is 4. The average molecular weight is 466 g/mol. The zero-order chi connectivity index (χ0) is 25.0. The lowest BCUT2D eigenvalue weighted by molar-refractivity contribution is 0.0713. The van der Waals surface area contributed by atoms with Crippen LogP contribution in [0.1, 0.15) is 47.1 Å². The second-order valence-corrected chi connectivity index (χ2v) is 11.4. The van der Waals surface area contributed by atoms with Gasteiger partial charge in [-0.1, -0.05) is 39.0 Å². The van der Waals surface area contributed by atoms with Gasteiger partial charge in [0.05, 0.1) is 11.6 Å². The number of carboxylic acid groups (broad SMARTS) is 1. The topological polar surface area (TPSA) is 83.6 Å². The normalized spacial score (nSPS) is 16.6. The summed E-state index contributed by atoms with van der Waals surface area (Å²) in [4.78, 5) is 33.7. The first-order chi connectivity index (χ1) is 15.8. The first kappa shape index (κ1) is 23.9. The van der Waals surface area contributed by atoms with E-state index in [1.807, 2.05) is 57.2 Å². The molecule has 0 aliphatic carbocycles. The van der Waals surface area contributed by atoms with Crippen LogP contribution < -0.4 is 10.6 Å². The van der Waals surface area contributed by atoms with E-state index in [-0.39, 0.29) is 17.1 Å². The number of aromatic nitrogens is 3. The summed E-state index contributed by atoms with van der Waals surface area (Å²) in [5.41, 5.74) is 2.84. The van der Waals surface area contributed by atoms with Crippen molar-refractivity contribution in [2.75, 3.05) is 11.4 Å². The highest BCUT2D eigenvalue weighted by Crippen LogP contribution is 2.36. The van der Waals surface area contributed by atoms with Crippen molar-refractivity contribution >= 4 is 28.8 Å². The SMILES string of the molecule is Cn1c(=O)n(CC(C)(C)C)c2ccc(N3C[C@H](N(C(=O)O)C(C)(C)C)Cc4ccccc43)nc21. The molecule has 0 bridgehead atoms. The largest absolute Gasteiger partial charge is 0.465 e. The third kappa shape index (κ3) is 4.29. The minimum absolute atomic E-state index is 0.0525. The molecule has 0 radical (unpaired) electrons. The van der Waals surface area contributed by atoms with Gasteiger partial charge in [-0.05, 0) is 56.4 Å². The predicted molar refractivity (Wildman–Crippen MR) is 135 cm³/mol. The lowest BCUT2D eigenvalue weighted by Crippen LogP contribution is -2.56. The van der Waals surface area contributed by atoms with Crippen LogP contribution in [0.15, 0.2) is 41.2 Å². The minimum Gasteiger partial charge on any atom is -0.465 e. The fraction of sp³-hybridized carbons (Fsp3) is 0.500. The molecule has 4 rings (SSSR count). The number of para-hydroxylation sites is 1. The third-order valence-corrected chi connectivity index (χ3v) is 6.30. The van der Waals surface area contributed by atoms with Gasteiger partial charge in [-0.15, -0.1) is 0 Å². The average Bonchev–Trinajstić information content (AvgIpc) is 2.95. The molecule has 8 heteroatoms. The predicted octanol–water partition coefficient (Wildman–Crippen LogP) is 4.62. The lowest BCUT2D eigenvalue weighted by Gasteiger charge is -2.45. The van der Waals surface area contributed by atoms with Crippen molar-refractivity contribution in [3.8, 4) is 0 Å². The molecule has 3 aromatic rings. The van der Waals surface area contributed by atoms with Gasteiger partial charge in [-0.25, -0.2) is 14.6 Å². The maximum atomic E-state index is 13.0. The molecule has 0 fully saturated rings. The molecule has 1 aliphatic heterocycles. The molecule has 0 saturated carbocycles. The zero-order valence-electron chi connectivity index (χ0n) is 21.2. The summed E-state index contributed by atoms with van der Waals surface area (Å²) in [6.07, 6.45) is -0.291. The molecule has 1 amide bonds. The Morgan fingerprint density at radius 1 is 1.12 bits per heavy atom. The number of hydrogen-bond donors (Lipinski definition) is 1. The molecule has 8 nitrogen and oxygen atoms in total. The Kier molecular flexibility index (Phi) is 5.74. The summed E-state index contributed by atoms with van der Waals surface area (Å²) in [5, 5.41) is 10.0. The third-order valence-electron chi connectivity index (χ3n) is 6.30. The van der Waals surface area contributed by atoms with E-state index >= 15 is 0 Å². The van der Waals surface area contributed by atoms with Crippen LogP contribution in [-0.2, 0) is 20.0 Å². The van der Waals surface area contributed by atoms with Crippen LogP contribution in [0, 0.1) is 5.41 Å². The number of aryl methyl sites for hydroxylation is 1. The van der Waals surface area contributed by atoms with E-state index in [2.05, 4.69) is 25.7 Å². The van der Waals surface area contributed by atoms with Crippen LogP contribution in [0.2, 0.25) is 0 Å². The summed E-state index contributed by atoms with van der Waals surface area (Å²) in [7, 11) is 1.75. The highest BCUT2D eigenvalue weighted by Gasteiger charge is 2.38. The molecule has 3 heterocycles. The smallest absolute Gasteiger partial charge is 0.408 e. The molecule has 1 aliphatic rings. The van der Waals surface area contributed by atoms with Gasteiger partial charge in [-0.2, -0.15) is 0 Å². The Hall–Kier alpha value is -3.29. The monoisotopic (exact) mass is 465 g/mol. The van der Waals surface area contributed by atoms with Crippen LogP contribution in [0.5, 0.6) is 0 Å². The number of imidazole rings is 1. The van der Waals surface area contributed by atoms with E-state index in [1.54, 1.807) is 21.1 Å². The molecule has 0 spiro atoms. The lowest BCUT2D eigenvalue weighted by atomic mass is 9.93. The van der Waals surface area contributed by atoms with Crippen LogP contribution >= 0.6 is 0 Å². The Labute approximate surface area is 200 Å². The number of pyridine rings is 1. The van der Waals surface area contributed by atoms with Crippen molar-refractivity contribution in [2.45, 2.75) is 66.1 Å². The quantitative estimate of drug-likeness (QED) is 0.610. The number of fused-ring (bicyclic) bond motifs is 2. The molecule has 1 aromatic carbocycles. The van der Waals surface area contributed by atoms with E-state index < -0.39 is 11.6 Å². The first-order valence-electron chi connectivity index (χ1n) is 11.7. The van der Waals surface area contributed by atoms with E-state index in [1.165, 1.54) is 0 Å². The van der Waals surface area contributed by atoms with E-state index in [0.717, 1.165) is 16.8 Å². The summed E-state index contributed by atoms with van der Waals surface area (Å²) < 4.78 is 3.38. The molecule has 2 aromatic heterocycles. The number of nitrogens with zero attached hydrogens (tertiary/aromatic N) is 5. The molecule has 182 valence electrons. The number of carbonyl (C=O) groups is 1. The van der Waals surface area contributed by atoms with Crippen molar-refractivity contribution < 1.29 is 9.90 Å². The summed E-state index contributed by atoms with van der Waals surface area (Å²) >= 11 is 0. The van der Waals surface area contributed by atoms with Gasteiger partial charge >= 0.3 is 11.8 Å².